The molecule has 3 rings (SSSR count). The highest BCUT2D eigenvalue weighted by Gasteiger charge is 2.08. The number of nitrogen functional groups attached to an aromatic ring is 2. The summed E-state index contributed by atoms with van der Waals surface area (Å²) in [6.45, 7) is 0. The van der Waals surface area contributed by atoms with Crippen molar-refractivity contribution in [3.05, 3.63) is 71.8 Å². The van der Waals surface area contributed by atoms with E-state index in [4.69, 9.17) is 31.5 Å². The van der Waals surface area contributed by atoms with Gasteiger partial charge in [-0.25, -0.2) is 0 Å². The van der Waals surface area contributed by atoms with Gasteiger partial charge in [0.1, 0.15) is 35.1 Å². The Labute approximate surface area is 150 Å². The van der Waals surface area contributed by atoms with Crippen molar-refractivity contribution in [2.45, 2.75) is 0 Å². The van der Waals surface area contributed by atoms with Crippen LogP contribution in [-0.2, 0) is 0 Å². The molecular weight excluding hydrogens is 328 g/mol. The molecule has 0 aromatic heterocycles. The van der Waals surface area contributed by atoms with Gasteiger partial charge in [-0.15, -0.1) is 0 Å². The molecule has 6 nitrogen and oxygen atoms in total. The highest BCUT2D eigenvalue weighted by atomic mass is 16.5. The first-order valence-electron chi connectivity index (χ1n) is 7.64. The van der Waals surface area contributed by atoms with Gasteiger partial charge in [-0.3, -0.25) is 0 Å². The maximum Gasteiger partial charge on any atom is 0.145 e. The minimum absolute atomic E-state index is 0.353. The Morgan fingerprint density at radius 1 is 0.615 bits per heavy atom. The van der Waals surface area contributed by atoms with Gasteiger partial charge in [0, 0.05) is 11.4 Å². The average molecular weight is 342 g/mol. The van der Waals surface area contributed by atoms with Crippen molar-refractivity contribution in [3.8, 4) is 35.1 Å². The van der Waals surface area contributed by atoms with Crippen molar-refractivity contribution in [3.63, 3.8) is 0 Å². The number of ether oxygens (including phenoxy) is 2. The van der Waals surface area contributed by atoms with Gasteiger partial charge in [-0.05, 0) is 60.7 Å². The number of nitrogens with zero attached hydrogens (tertiary/aromatic N) is 2. The normalized spacial score (nSPS) is 9.77. The Hall–Kier alpha value is -4.16. The highest BCUT2D eigenvalue weighted by Crippen LogP contribution is 2.30. The molecule has 26 heavy (non-hydrogen) atoms. The average Bonchev–Trinajstić information content (AvgIpc) is 2.66. The van der Waals surface area contributed by atoms with Crippen LogP contribution in [0.2, 0.25) is 0 Å². The molecule has 3 aromatic rings. The predicted molar refractivity (Wildman–Crippen MR) is 97.7 cm³/mol. The van der Waals surface area contributed by atoms with Gasteiger partial charge in [0.25, 0.3) is 0 Å². The molecule has 0 aliphatic heterocycles. The molecule has 0 spiro atoms. The van der Waals surface area contributed by atoms with Crippen LogP contribution in [0.4, 0.5) is 11.4 Å². The largest absolute Gasteiger partial charge is 0.456 e. The quantitative estimate of drug-likeness (QED) is 0.687. The number of benzene rings is 3. The smallest absolute Gasteiger partial charge is 0.145 e. The van der Waals surface area contributed by atoms with E-state index in [0.717, 1.165) is 0 Å². The number of hydrogen-bond donors (Lipinski definition) is 2. The number of anilines is 2. The van der Waals surface area contributed by atoms with Gasteiger partial charge in [-0.1, -0.05) is 0 Å². The summed E-state index contributed by atoms with van der Waals surface area (Å²) < 4.78 is 11.4. The number of rotatable bonds is 4. The SMILES string of the molecule is N#Cc1cc(N)ccc1Oc1ccc(Oc2ccc(N)cc2C#N)cc1. The Bertz CT molecular complexity index is 947. The molecule has 0 bridgehead atoms. The summed E-state index contributed by atoms with van der Waals surface area (Å²) in [7, 11) is 0. The van der Waals surface area contributed by atoms with E-state index in [1.54, 1.807) is 60.7 Å². The molecule has 0 aliphatic carbocycles. The van der Waals surface area contributed by atoms with Gasteiger partial charge in [0.05, 0.1) is 11.1 Å². The minimum atomic E-state index is 0.353. The first kappa shape index (κ1) is 16.7. The van der Waals surface area contributed by atoms with E-state index in [-0.39, 0.29) is 0 Å². The van der Waals surface area contributed by atoms with Crippen molar-refractivity contribution in [2.75, 3.05) is 11.5 Å². The molecule has 0 aliphatic rings. The van der Waals surface area contributed by atoms with E-state index < -0.39 is 0 Å². The fourth-order valence-corrected chi connectivity index (χ4v) is 2.28. The Kier molecular flexibility index (Phi) is 4.60. The maximum atomic E-state index is 9.16. The monoisotopic (exact) mass is 342 g/mol. The van der Waals surface area contributed by atoms with Gasteiger partial charge in [0.15, 0.2) is 0 Å². The molecule has 6 heteroatoms. The van der Waals surface area contributed by atoms with Gasteiger partial charge in [-0.2, -0.15) is 10.5 Å². The third kappa shape index (κ3) is 3.66. The van der Waals surface area contributed by atoms with E-state index in [0.29, 0.717) is 45.5 Å². The molecule has 0 heterocycles. The highest BCUT2D eigenvalue weighted by molar-refractivity contribution is 5.55. The molecule has 126 valence electrons. The fraction of sp³-hybridized carbons (Fsp3) is 0. The first-order valence-corrected chi connectivity index (χ1v) is 7.64. The number of nitrogens with two attached hydrogens (primary N) is 2. The maximum absolute atomic E-state index is 9.16. The van der Waals surface area contributed by atoms with Crippen LogP contribution < -0.4 is 20.9 Å². The van der Waals surface area contributed by atoms with Crippen LogP contribution >= 0.6 is 0 Å². The summed E-state index contributed by atoms with van der Waals surface area (Å²) >= 11 is 0. The van der Waals surface area contributed by atoms with Crippen LogP contribution in [0.25, 0.3) is 0 Å². The molecule has 0 radical (unpaired) electrons. The number of nitriles is 2. The summed E-state index contributed by atoms with van der Waals surface area (Å²) in [4.78, 5) is 0. The third-order valence-corrected chi connectivity index (χ3v) is 3.53. The molecular formula is C20H14N4O2. The van der Waals surface area contributed by atoms with E-state index in [2.05, 4.69) is 0 Å². The second-order valence-corrected chi connectivity index (χ2v) is 5.41. The molecule has 3 aromatic carbocycles. The van der Waals surface area contributed by atoms with Crippen LogP contribution in [0, 0.1) is 22.7 Å². The molecule has 4 N–H and O–H groups in total. The van der Waals surface area contributed by atoms with Gasteiger partial charge < -0.3 is 20.9 Å². The van der Waals surface area contributed by atoms with Crippen LogP contribution in [0.1, 0.15) is 11.1 Å². The minimum Gasteiger partial charge on any atom is -0.456 e. The summed E-state index contributed by atoms with van der Waals surface area (Å²) in [5, 5.41) is 18.3. The van der Waals surface area contributed by atoms with Crippen LogP contribution in [0.15, 0.2) is 60.7 Å². The lowest BCUT2D eigenvalue weighted by atomic mass is 10.2. The number of hydrogen-bond acceptors (Lipinski definition) is 6. The van der Waals surface area contributed by atoms with Crippen molar-refractivity contribution in [1.29, 1.82) is 10.5 Å². The van der Waals surface area contributed by atoms with Crippen LogP contribution in [0.5, 0.6) is 23.0 Å². The standard InChI is InChI=1S/C20H14N4O2/c21-11-13-9-15(23)1-7-19(13)25-17-3-5-18(6-4-17)26-20-8-2-16(24)10-14(20)12-22/h1-10H,23-24H2. The van der Waals surface area contributed by atoms with Gasteiger partial charge >= 0.3 is 0 Å². The molecule has 0 saturated carbocycles. The third-order valence-electron chi connectivity index (χ3n) is 3.53. The van der Waals surface area contributed by atoms with E-state index in [1.807, 2.05) is 12.1 Å². The molecule has 0 unspecified atom stereocenters. The molecule has 0 fully saturated rings. The van der Waals surface area contributed by atoms with E-state index in [9.17, 15) is 0 Å². The Morgan fingerprint density at radius 2 is 1.00 bits per heavy atom. The Balaban J connectivity index is 1.78. The van der Waals surface area contributed by atoms with E-state index >= 15 is 0 Å². The van der Waals surface area contributed by atoms with Gasteiger partial charge in [0.2, 0.25) is 0 Å². The summed E-state index contributed by atoms with van der Waals surface area (Å²) in [5.41, 5.74) is 13.0. The molecule has 0 atom stereocenters. The van der Waals surface area contributed by atoms with Crippen molar-refractivity contribution in [1.82, 2.24) is 0 Å². The fourth-order valence-electron chi connectivity index (χ4n) is 2.28. The first-order chi connectivity index (χ1) is 12.6. The topological polar surface area (TPSA) is 118 Å². The summed E-state index contributed by atoms with van der Waals surface area (Å²) in [6, 6.07) is 20.6. The molecule has 0 saturated heterocycles. The lowest BCUT2D eigenvalue weighted by molar-refractivity contribution is 0.468. The lowest BCUT2D eigenvalue weighted by Gasteiger charge is -2.10. The second kappa shape index (κ2) is 7.16. The Morgan fingerprint density at radius 3 is 1.35 bits per heavy atom. The van der Waals surface area contributed by atoms with Crippen molar-refractivity contribution >= 4 is 11.4 Å². The second-order valence-electron chi connectivity index (χ2n) is 5.41. The van der Waals surface area contributed by atoms with Crippen LogP contribution in [-0.4, -0.2) is 0 Å². The predicted octanol–water partition coefficient (Wildman–Crippen LogP) is 4.18. The zero-order chi connectivity index (χ0) is 18.5. The van der Waals surface area contributed by atoms with E-state index in [1.165, 1.54) is 0 Å². The molecule has 0 amide bonds. The van der Waals surface area contributed by atoms with Crippen molar-refractivity contribution < 1.29 is 9.47 Å². The zero-order valence-corrected chi connectivity index (χ0v) is 13.6. The van der Waals surface area contributed by atoms with Crippen LogP contribution in [0.3, 0.4) is 0 Å². The summed E-state index contributed by atoms with van der Waals surface area (Å²) in [6.07, 6.45) is 0. The van der Waals surface area contributed by atoms with Crippen molar-refractivity contribution in [2.24, 2.45) is 0 Å². The zero-order valence-electron chi connectivity index (χ0n) is 13.6. The lowest BCUT2D eigenvalue weighted by Crippen LogP contribution is -1.93. The summed E-state index contributed by atoms with van der Waals surface area (Å²) in [5.74, 6) is 1.91.